The van der Waals surface area contributed by atoms with Crippen molar-refractivity contribution in [2.24, 2.45) is 11.7 Å². The van der Waals surface area contributed by atoms with Crippen LogP contribution in [0.5, 0.6) is 5.75 Å². The summed E-state index contributed by atoms with van der Waals surface area (Å²) in [5.74, 6) is 0.759. The van der Waals surface area contributed by atoms with Crippen molar-refractivity contribution >= 4 is 11.4 Å². The largest absolute Gasteiger partial charge is 0.494 e. The van der Waals surface area contributed by atoms with Crippen LogP contribution >= 0.6 is 0 Å². The SMILES string of the molecule is CCOc1cc(NC(C)(CN)C(C)C)cc([N+](=O)[O-])c1. The fourth-order valence-corrected chi connectivity index (χ4v) is 1.77. The summed E-state index contributed by atoms with van der Waals surface area (Å²) in [5, 5.41) is 14.3. The first-order valence-corrected chi connectivity index (χ1v) is 6.73. The van der Waals surface area contributed by atoms with Gasteiger partial charge in [0.2, 0.25) is 0 Å². The second-order valence-corrected chi connectivity index (χ2v) is 5.31. The van der Waals surface area contributed by atoms with Crippen molar-refractivity contribution in [2.75, 3.05) is 18.5 Å². The van der Waals surface area contributed by atoms with Crippen LogP contribution in [0.1, 0.15) is 27.7 Å². The van der Waals surface area contributed by atoms with Gasteiger partial charge in [0, 0.05) is 29.9 Å². The van der Waals surface area contributed by atoms with Gasteiger partial charge in [-0.05, 0) is 19.8 Å². The highest BCUT2D eigenvalue weighted by Gasteiger charge is 2.27. The van der Waals surface area contributed by atoms with Crippen LogP contribution in [0.25, 0.3) is 0 Å². The molecule has 0 fully saturated rings. The Balaban J connectivity index is 3.13. The molecule has 3 N–H and O–H groups in total. The minimum absolute atomic E-state index is 0.00146. The van der Waals surface area contributed by atoms with Gasteiger partial charge >= 0.3 is 0 Å². The van der Waals surface area contributed by atoms with Gasteiger partial charge < -0.3 is 15.8 Å². The minimum atomic E-state index is -0.428. The van der Waals surface area contributed by atoms with E-state index in [1.807, 2.05) is 13.8 Å². The van der Waals surface area contributed by atoms with Gasteiger partial charge in [-0.3, -0.25) is 10.1 Å². The molecule has 0 amide bonds. The first-order valence-electron chi connectivity index (χ1n) is 6.73. The highest BCUT2D eigenvalue weighted by atomic mass is 16.6. The Morgan fingerprint density at radius 3 is 2.55 bits per heavy atom. The van der Waals surface area contributed by atoms with E-state index in [4.69, 9.17) is 10.5 Å². The maximum atomic E-state index is 11.0. The van der Waals surface area contributed by atoms with E-state index in [0.717, 1.165) is 0 Å². The molecule has 20 heavy (non-hydrogen) atoms. The number of nitro benzene ring substituents is 1. The summed E-state index contributed by atoms with van der Waals surface area (Å²) in [6.45, 7) is 8.83. The molecule has 1 unspecified atom stereocenters. The minimum Gasteiger partial charge on any atom is -0.494 e. The number of anilines is 1. The maximum absolute atomic E-state index is 11.0. The van der Waals surface area contributed by atoms with Gasteiger partial charge in [-0.1, -0.05) is 13.8 Å². The molecule has 112 valence electrons. The summed E-state index contributed by atoms with van der Waals surface area (Å²) in [6, 6.07) is 4.68. The van der Waals surface area contributed by atoms with E-state index < -0.39 is 4.92 Å². The van der Waals surface area contributed by atoms with Gasteiger partial charge in [0.1, 0.15) is 5.75 Å². The van der Waals surface area contributed by atoms with E-state index in [9.17, 15) is 10.1 Å². The van der Waals surface area contributed by atoms with Crippen molar-refractivity contribution < 1.29 is 9.66 Å². The molecule has 0 heterocycles. The zero-order chi connectivity index (χ0) is 15.3. The molecule has 0 saturated heterocycles. The second kappa shape index (κ2) is 6.56. The third kappa shape index (κ3) is 3.84. The summed E-state index contributed by atoms with van der Waals surface area (Å²) >= 11 is 0. The van der Waals surface area contributed by atoms with Crippen LogP contribution in [0.15, 0.2) is 18.2 Å². The molecule has 0 spiro atoms. The highest BCUT2D eigenvalue weighted by Crippen LogP contribution is 2.29. The molecule has 0 saturated carbocycles. The maximum Gasteiger partial charge on any atom is 0.275 e. The lowest BCUT2D eigenvalue weighted by atomic mass is 9.88. The Morgan fingerprint density at radius 2 is 2.10 bits per heavy atom. The van der Waals surface area contributed by atoms with Crippen LogP contribution in [0, 0.1) is 16.0 Å². The molecule has 0 aliphatic carbocycles. The Kier molecular flexibility index (Phi) is 5.33. The summed E-state index contributed by atoms with van der Waals surface area (Å²) < 4.78 is 5.37. The van der Waals surface area contributed by atoms with Gasteiger partial charge in [-0.15, -0.1) is 0 Å². The van der Waals surface area contributed by atoms with Crippen LogP contribution in [-0.4, -0.2) is 23.6 Å². The quantitative estimate of drug-likeness (QED) is 0.592. The van der Waals surface area contributed by atoms with Gasteiger partial charge in [0.15, 0.2) is 0 Å². The van der Waals surface area contributed by atoms with Gasteiger partial charge in [0.25, 0.3) is 5.69 Å². The first-order chi connectivity index (χ1) is 9.32. The third-order valence-corrected chi connectivity index (χ3v) is 3.54. The van der Waals surface area contributed by atoms with Crippen molar-refractivity contribution in [3.63, 3.8) is 0 Å². The van der Waals surface area contributed by atoms with Crippen molar-refractivity contribution in [2.45, 2.75) is 33.2 Å². The molecule has 1 atom stereocenters. The topological polar surface area (TPSA) is 90.4 Å². The number of nitrogens with two attached hydrogens (primary N) is 1. The lowest BCUT2D eigenvalue weighted by molar-refractivity contribution is -0.384. The van der Waals surface area contributed by atoms with E-state index >= 15 is 0 Å². The van der Waals surface area contributed by atoms with E-state index in [0.29, 0.717) is 24.6 Å². The fraction of sp³-hybridized carbons (Fsp3) is 0.571. The Hall–Kier alpha value is -1.82. The summed E-state index contributed by atoms with van der Waals surface area (Å²) in [7, 11) is 0. The van der Waals surface area contributed by atoms with Gasteiger partial charge in [-0.25, -0.2) is 0 Å². The summed E-state index contributed by atoms with van der Waals surface area (Å²) in [5.41, 5.74) is 6.13. The lowest BCUT2D eigenvalue weighted by Crippen LogP contribution is -2.47. The van der Waals surface area contributed by atoms with Crippen LogP contribution in [-0.2, 0) is 0 Å². The third-order valence-electron chi connectivity index (χ3n) is 3.54. The van der Waals surface area contributed by atoms with Gasteiger partial charge in [-0.2, -0.15) is 0 Å². The van der Waals surface area contributed by atoms with Crippen molar-refractivity contribution in [3.05, 3.63) is 28.3 Å². The number of nitrogens with zero attached hydrogens (tertiary/aromatic N) is 1. The van der Waals surface area contributed by atoms with Gasteiger partial charge in [0.05, 0.1) is 17.6 Å². The molecule has 6 heteroatoms. The molecule has 1 aromatic rings. The Morgan fingerprint density at radius 1 is 1.45 bits per heavy atom. The van der Waals surface area contributed by atoms with Crippen molar-refractivity contribution in [1.82, 2.24) is 0 Å². The normalized spacial score (nSPS) is 13.9. The average molecular weight is 281 g/mol. The molecule has 0 aliphatic heterocycles. The van der Waals surface area contributed by atoms with Crippen LogP contribution in [0.3, 0.4) is 0 Å². The molecule has 0 radical (unpaired) electrons. The average Bonchev–Trinajstić information content (AvgIpc) is 2.38. The van der Waals surface area contributed by atoms with Crippen LogP contribution in [0.2, 0.25) is 0 Å². The zero-order valence-corrected chi connectivity index (χ0v) is 12.5. The molecule has 0 bridgehead atoms. The number of hydrogen-bond acceptors (Lipinski definition) is 5. The number of nitro groups is 1. The Labute approximate surface area is 119 Å². The lowest BCUT2D eigenvalue weighted by Gasteiger charge is -2.34. The van der Waals surface area contributed by atoms with Crippen LogP contribution < -0.4 is 15.8 Å². The van der Waals surface area contributed by atoms with E-state index in [1.165, 1.54) is 12.1 Å². The van der Waals surface area contributed by atoms with E-state index in [1.54, 1.807) is 6.07 Å². The predicted octanol–water partition coefficient (Wildman–Crippen LogP) is 2.78. The van der Waals surface area contributed by atoms with E-state index in [2.05, 4.69) is 19.2 Å². The van der Waals surface area contributed by atoms with Crippen molar-refractivity contribution in [3.8, 4) is 5.75 Å². The monoisotopic (exact) mass is 281 g/mol. The molecular formula is C14H23N3O3. The summed E-state index contributed by atoms with van der Waals surface area (Å²) in [4.78, 5) is 10.5. The molecular weight excluding hydrogens is 258 g/mol. The number of non-ortho nitro benzene ring substituents is 1. The van der Waals surface area contributed by atoms with E-state index in [-0.39, 0.29) is 17.1 Å². The number of hydrogen-bond donors (Lipinski definition) is 2. The molecule has 1 aromatic carbocycles. The molecule has 1 rings (SSSR count). The number of ether oxygens (including phenoxy) is 1. The summed E-state index contributed by atoms with van der Waals surface area (Å²) in [6.07, 6.45) is 0. The van der Waals surface area contributed by atoms with Crippen LogP contribution in [0.4, 0.5) is 11.4 Å². The predicted molar refractivity (Wildman–Crippen MR) is 80.2 cm³/mol. The number of rotatable bonds is 7. The highest BCUT2D eigenvalue weighted by molar-refractivity contribution is 5.57. The smallest absolute Gasteiger partial charge is 0.275 e. The standard InChI is InChI=1S/C14H23N3O3/c1-5-20-13-7-11(6-12(8-13)17(18)19)16-14(4,9-15)10(2)3/h6-8,10,16H,5,9,15H2,1-4H3. The molecule has 0 aromatic heterocycles. The van der Waals surface area contributed by atoms with Crippen molar-refractivity contribution in [1.29, 1.82) is 0 Å². The molecule has 6 nitrogen and oxygen atoms in total. The molecule has 0 aliphatic rings. The zero-order valence-electron chi connectivity index (χ0n) is 12.5. The number of nitrogens with one attached hydrogen (secondary N) is 1. The first kappa shape index (κ1) is 16.2. The number of benzene rings is 1. The Bertz CT molecular complexity index is 477. The second-order valence-electron chi connectivity index (χ2n) is 5.31. The fourth-order valence-electron chi connectivity index (χ4n) is 1.77.